The maximum Gasteiger partial charge on any atom is 0.257 e. The summed E-state index contributed by atoms with van der Waals surface area (Å²) in [6, 6.07) is 1.84. The Hall–Kier alpha value is -2.18. The van der Waals surface area contributed by atoms with Crippen LogP contribution in [0.2, 0.25) is 0 Å². The van der Waals surface area contributed by atoms with Gasteiger partial charge in [0.05, 0.1) is 0 Å². The summed E-state index contributed by atoms with van der Waals surface area (Å²) in [6.07, 6.45) is 6.21. The van der Waals surface area contributed by atoms with Crippen LogP contribution in [-0.4, -0.2) is 38.3 Å². The van der Waals surface area contributed by atoms with Crippen molar-refractivity contribution in [3.8, 4) is 5.95 Å². The molecule has 0 spiro atoms. The third kappa shape index (κ3) is 2.87. The molecule has 1 saturated carbocycles. The molecule has 7 heteroatoms. The van der Waals surface area contributed by atoms with Crippen LogP contribution in [0.25, 0.3) is 5.95 Å². The molecule has 0 radical (unpaired) electrons. The molecule has 0 saturated heterocycles. The van der Waals surface area contributed by atoms with Gasteiger partial charge in [0.1, 0.15) is 0 Å². The second-order valence-corrected chi connectivity index (χ2v) is 5.18. The fourth-order valence-electron chi connectivity index (χ4n) is 2.13. The van der Waals surface area contributed by atoms with Crippen LogP contribution >= 0.6 is 0 Å². The van der Waals surface area contributed by atoms with E-state index in [1.54, 1.807) is 17.9 Å². The zero-order valence-electron chi connectivity index (χ0n) is 11.7. The van der Waals surface area contributed by atoms with Crippen LogP contribution in [0.15, 0.2) is 18.5 Å². The Kier molecular flexibility index (Phi) is 3.49. The topological polar surface area (TPSA) is 80.5 Å². The average Bonchev–Trinajstić information content (AvgIpc) is 3.19. The summed E-state index contributed by atoms with van der Waals surface area (Å²) in [7, 11) is 1.79. The van der Waals surface area contributed by atoms with Gasteiger partial charge in [-0.25, -0.2) is 4.68 Å². The predicted molar refractivity (Wildman–Crippen MR) is 76.9 cm³/mol. The lowest BCUT2D eigenvalue weighted by Gasteiger charge is -2.12. The molecule has 1 unspecified atom stereocenters. The highest BCUT2D eigenvalue weighted by Gasteiger charge is 2.27. The third-order valence-electron chi connectivity index (χ3n) is 3.57. The summed E-state index contributed by atoms with van der Waals surface area (Å²) < 4.78 is 1.62. The molecular weight excluding hydrogens is 254 g/mol. The van der Waals surface area contributed by atoms with Crippen molar-refractivity contribution < 1.29 is 0 Å². The largest absolute Gasteiger partial charge is 0.357 e. The molecule has 0 bridgehead atoms. The van der Waals surface area contributed by atoms with Gasteiger partial charge < -0.3 is 10.6 Å². The first-order valence-corrected chi connectivity index (χ1v) is 6.94. The van der Waals surface area contributed by atoms with Crippen molar-refractivity contribution in [1.29, 1.82) is 0 Å². The Morgan fingerprint density at radius 3 is 2.75 bits per heavy atom. The van der Waals surface area contributed by atoms with E-state index in [1.807, 2.05) is 12.3 Å². The fraction of sp³-hybridized carbons (Fsp3) is 0.538. The van der Waals surface area contributed by atoms with Crippen molar-refractivity contribution in [2.24, 2.45) is 11.8 Å². The van der Waals surface area contributed by atoms with E-state index >= 15 is 0 Å². The van der Waals surface area contributed by atoms with Gasteiger partial charge in [-0.05, 0) is 30.7 Å². The summed E-state index contributed by atoms with van der Waals surface area (Å²) in [6.45, 7) is 3.15. The van der Waals surface area contributed by atoms with E-state index in [-0.39, 0.29) is 0 Å². The van der Waals surface area contributed by atoms with Crippen LogP contribution in [0.3, 0.4) is 0 Å². The standard InChI is InChI=1S/C13H19N7/c1-9(10-4-5-10)8-15-12-17-11(14-2)18-13(19-12)20-7-3-6-16-20/h3,6-7,9-10H,4-5,8H2,1-2H3,(H2,14,15,17,18,19). The van der Waals surface area contributed by atoms with Crippen molar-refractivity contribution in [2.75, 3.05) is 24.2 Å². The molecular formula is C13H19N7. The van der Waals surface area contributed by atoms with E-state index in [1.165, 1.54) is 12.8 Å². The number of hydrogen-bond donors (Lipinski definition) is 2. The van der Waals surface area contributed by atoms with Crippen LogP contribution in [-0.2, 0) is 0 Å². The average molecular weight is 273 g/mol. The minimum absolute atomic E-state index is 0.510. The quantitative estimate of drug-likeness (QED) is 0.831. The summed E-state index contributed by atoms with van der Waals surface area (Å²) >= 11 is 0. The van der Waals surface area contributed by atoms with Crippen LogP contribution < -0.4 is 10.6 Å². The van der Waals surface area contributed by atoms with E-state index in [2.05, 4.69) is 37.6 Å². The molecule has 106 valence electrons. The van der Waals surface area contributed by atoms with Gasteiger partial charge in [-0.3, -0.25) is 0 Å². The minimum Gasteiger partial charge on any atom is -0.357 e. The van der Waals surface area contributed by atoms with Gasteiger partial charge in [0.25, 0.3) is 5.95 Å². The van der Waals surface area contributed by atoms with Crippen LogP contribution in [0, 0.1) is 11.8 Å². The number of nitrogens with zero attached hydrogens (tertiary/aromatic N) is 5. The number of anilines is 2. The van der Waals surface area contributed by atoms with Gasteiger partial charge in [-0.2, -0.15) is 20.1 Å². The Labute approximate surface area is 117 Å². The van der Waals surface area contributed by atoms with Crippen molar-refractivity contribution in [3.63, 3.8) is 0 Å². The molecule has 2 aromatic heterocycles. The second-order valence-electron chi connectivity index (χ2n) is 5.18. The van der Waals surface area contributed by atoms with Gasteiger partial charge in [0.15, 0.2) is 0 Å². The molecule has 0 aliphatic heterocycles. The smallest absolute Gasteiger partial charge is 0.257 e. The van der Waals surface area contributed by atoms with Gasteiger partial charge >= 0.3 is 0 Å². The zero-order chi connectivity index (χ0) is 13.9. The van der Waals surface area contributed by atoms with Crippen molar-refractivity contribution in [2.45, 2.75) is 19.8 Å². The van der Waals surface area contributed by atoms with Gasteiger partial charge in [0.2, 0.25) is 11.9 Å². The van der Waals surface area contributed by atoms with Gasteiger partial charge in [-0.1, -0.05) is 6.92 Å². The maximum absolute atomic E-state index is 4.40. The number of hydrogen-bond acceptors (Lipinski definition) is 6. The molecule has 2 aromatic rings. The fourth-order valence-corrected chi connectivity index (χ4v) is 2.13. The first kappa shape index (κ1) is 12.8. The highest BCUT2D eigenvalue weighted by Crippen LogP contribution is 2.36. The Balaban J connectivity index is 1.77. The normalized spacial score (nSPS) is 15.9. The van der Waals surface area contributed by atoms with Gasteiger partial charge in [0, 0.05) is 26.0 Å². The summed E-state index contributed by atoms with van der Waals surface area (Å²) in [5.41, 5.74) is 0. The lowest BCUT2D eigenvalue weighted by atomic mass is 10.1. The summed E-state index contributed by atoms with van der Waals surface area (Å²) in [5, 5.41) is 10.4. The highest BCUT2D eigenvalue weighted by molar-refractivity contribution is 5.37. The SMILES string of the molecule is CNc1nc(NCC(C)C2CC2)nc(-n2cccn2)n1. The van der Waals surface area contributed by atoms with Gasteiger partial charge in [-0.15, -0.1) is 0 Å². The molecule has 1 fully saturated rings. The molecule has 0 aromatic carbocycles. The lowest BCUT2D eigenvalue weighted by Crippen LogP contribution is -2.17. The Morgan fingerprint density at radius 2 is 2.10 bits per heavy atom. The summed E-state index contributed by atoms with van der Waals surface area (Å²) in [5.74, 6) is 3.14. The summed E-state index contributed by atoms with van der Waals surface area (Å²) in [4.78, 5) is 13.0. The molecule has 0 amide bonds. The number of aromatic nitrogens is 5. The Bertz CT molecular complexity index is 562. The van der Waals surface area contributed by atoms with E-state index in [4.69, 9.17) is 0 Å². The van der Waals surface area contributed by atoms with Crippen molar-refractivity contribution >= 4 is 11.9 Å². The second kappa shape index (κ2) is 5.44. The molecule has 7 nitrogen and oxygen atoms in total. The Morgan fingerprint density at radius 1 is 1.30 bits per heavy atom. The van der Waals surface area contributed by atoms with Crippen molar-refractivity contribution in [3.05, 3.63) is 18.5 Å². The molecule has 1 aliphatic rings. The van der Waals surface area contributed by atoms with E-state index in [9.17, 15) is 0 Å². The van der Waals surface area contributed by atoms with E-state index in [0.29, 0.717) is 23.8 Å². The first-order valence-electron chi connectivity index (χ1n) is 6.94. The highest BCUT2D eigenvalue weighted by atomic mass is 15.4. The number of rotatable bonds is 6. The third-order valence-corrected chi connectivity index (χ3v) is 3.57. The monoisotopic (exact) mass is 273 g/mol. The molecule has 20 heavy (non-hydrogen) atoms. The molecule has 3 rings (SSSR count). The van der Waals surface area contributed by atoms with E-state index < -0.39 is 0 Å². The maximum atomic E-state index is 4.40. The molecule has 2 N–H and O–H groups in total. The van der Waals surface area contributed by atoms with Crippen LogP contribution in [0.1, 0.15) is 19.8 Å². The predicted octanol–water partition coefficient (Wildman–Crippen LogP) is 1.56. The van der Waals surface area contributed by atoms with Crippen LogP contribution in [0.4, 0.5) is 11.9 Å². The first-order chi connectivity index (χ1) is 9.76. The molecule has 1 aliphatic carbocycles. The molecule has 1 atom stereocenters. The van der Waals surface area contributed by atoms with E-state index in [0.717, 1.165) is 12.5 Å². The minimum atomic E-state index is 0.510. The van der Waals surface area contributed by atoms with Crippen LogP contribution in [0.5, 0.6) is 0 Å². The lowest BCUT2D eigenvalue weighted by molar-refractivity contribution is 0.535. The number of nitrogens with one attached hydrogen (secondary N) is 2. The molecule has 2 heterocycles. The zero-order valence-corrected chi connectivity index (χ0v) is 11.7. The van der Waals surface area contributed by atoms with Crippen molar-refractivity contribution in [1.82, 2.24) is 24.7 Å².